The highest BCUT2D eigenvalue weighted by Gasteiger charge is 2.20. The van der Waals surface area contributed by atoms with E-state index < -0.39 is 5.91 Å². The van der Waals surface area contributed by atoms with E-state index in [9.17, 15) is 9.59 Å². The van der Waals surface area contributed by atoms with E-state index in [0.717, 1.165) is 5.56 Å². The van der Waals surface area contributed by atoms with Gasteiger partial charge in [-0.15, -0.1) is 0 Å². The minimum atomic E-state index is -0.426. The summed E-state index contributed by atoms with van der Waals surface area (Å²) in [5.41, 5.74) is 1.23. The van der Waals surface area contributed by atoms with Gasteiger partial charge in [-0.1, -0.05) is 11.6 Å². The highest BCUT2D eigenvalue weighted by molar-refractivity contribution is 5.95. The van der Waals surface area contributed by atoms with Gasteiger partial charge in [-0.2, -0.15) is 5.10 Å². The summed E-state index contributed by atoms with van der Waals surface area (Å²) in [5.74, 6) is 0.222. The Labute approximate surface area is 132 Å². The second kappa shape index (κ2) is 5.72. The molecule has 0 bridgehead atoms. The SMILES string of the molecule is Cc1ccc2c(c1)c(=O)c(C(=O)N(C)Cc1ccco1)nn2C. The largest absolute Gasteiger partial charge is 0.467 e. The molecule has 0 aliphatic carbocycles. The summed E-state index contributed by atoms with van der Waals surface area (Å²) in [6.45, 7) is 2.19. The zero-order valence-corrected chi connectivity index (χ0v) is 13.2. The molecule has 0 saturated carbocycles. The fraction of sp³-hybridized carbons (Fsp3) is 0.235. The third kappa shape index (κ3) is 2.75. The molecule has 0 aliphatic rings. The first-order valence-electron chi connectivity index (χ1n) is 7.23. The van der Waals surface area contributed by atoms with Crippen LogP contribution in [0.3, 0.4) is 0 Å². The molecular formula is C17H17N3O3. The van der Waals surface area contributed by atoms with Gasteiger partial charge in [0.15, 0.2) is 5.69 Å². The highest BCUT2D eigenvalue weighted by Crippen LogP contribution is 2.12. The normalized spacial score (nSPS) is 10.9. The second-order valence-corrected chi connectivity index (χ2v) is 5.56. The van der Waals surface area contributed by atoms with Crippen LogP contribution in [0.25, 0.3) is 10.9 Å². The number of aromatic nitrogens is 2. The van der Waals surface area contributed by atoms with Gasteiger partial charge in [0.05, 0.1) is 23.7 Å². The quantitative estimate of drug-likeness (QED) is 0.743. The molecule has 0 radical (unpaired) electrons. The molecule has 118 valence electrons. The summed E-state index contributed by atoms with van der Waals surface area (Å²) in [5, 5.41) is 4.66. The van der Waals surface area contributed by atoms with Gasteiger partial charge >= 0.3 is 0 Å². The number of amides is 1. The standard InChI is InChI=1S/C17H17N3O3/c1-11-6-7-14-13(9-11)16(21)15(18-20(14)3)17(22)19(2)10-12-5-4-8-23-12/h4-9H,10H2,1-3H3. The van der Waals surface area contributed by atoms with Crippen molar-refractivity contribution in [2.45, 2.75) is 13.5 Å². The van der Waals surface area contributed by atoms with Crippen molar-refractivity contribution in [3.63, 3.8) is 0 Å². The van der Waals surface area contributed by atoms with Crippen molar-refractivity contribution in [3.05, 3.63) is 63.8 Å². The third-order valence-corrected chi connectivity index (χ3v) is 3.73. The van der Waals surface area contributed by atoms with Crippen LogP contribution in [0.2, 0.25) is 0 Å². The van der Waals surface area contributed by atoms with Gasteiger partial charge in [0.25, 0.3) is 5.91 Å². The molecule has 0 atom stereocenters. The monoisotopic (exact) mass is 311 g/mol. The Morgan fingerprint density at radius 1 is 1.35 bits per heavy atom. The lowest BCUT2D eigenvalue weighted by Gasteiger charge is -2.16. The summed E-state index contributed by atoms with van der Waals surface area (Å²) < 4.78 is 6.79. The maximum Gasteiger partial charge on any atom is 0.278 e. The van der Waals surface area contributed by atoms with Crippen molar-refractivity contribution in [2.24, 2.45) is 7.05 Å². The summed E-state index contributed by atoms with van der Waals surface area (Å²) in [4.78, 5) is 26.6. The third-order valence-electron chi connectivity index (χ3n) is 3.73. The minimum Gasteiger partial charge on any atom is -0.467 e. The number of rotatable bonds is 3. The van der Waals surface area contributed by atoms with Crippen molar-refractivity contribution in [1.82, 2.24) is 14.7 Å². The number of hydrogen-bond acceptors (Lipinski definition) is 4. The first-order valence-corrected chi connectivity index (χ1v) is 7.23. The van der Waals surface area contributed by atoms with E-state index in [4.69, 9.17) is 4.42 Å². The number of furan rings is 1. The molecule has 6 nitrogen and oxygen atoms in total. The summed E-state index contributed by atoms with van der Waals surface area (Å²) >= 11 is 0. The van der Waals surface area contributed by atoms with Crippen molar-refractivity contribution in [1.29, 1.82) is 0 Å². The molecule has 0 aliphatic heterocycles. The molecule has 3 rings (SSSR count). The number of nitrogens with zero attached hydrogens (tertiary/aromatic N) is 3. The molecule has 1 aromatic carbocycles. The van der Waals surface area contributed by atoms with Crippen molar-refractivity contribution in [2.75, 3.05) is 7.05 Å². The fourth-order valence-electron chi connectivity index (χ4n) is 2.52. The van der Waals surface area contributed by atoms with E-state index in [1.54, 1.807) is 43.2 Å². The van der Waals surface area contributed by atoms with E-state index in [1.807, 2.05) is 19.1 Å². The molecule has 2 aromatic heterocycles. The van der Waals surface area contributed by atoms with Gasteiger partial charge < -0.3 is 9.32 Å². The predicted molar refractivity (Wildman–Crippen MR) is 86.2 cm³/mol. The molecule has 0 spiro atoms. The summed E-state index contributed by atoms with van der Waals surface area (Å²) in [7, 11) is 3.34. The minimum absolute atomic E-state index is 0.0837. The lowest BCUT2D eigenvalue weighted by Crippen LogP contribution is -2.33. The van der Waals surface area contributed by atoms with E-state index in [-0.39, 0.29) is 17.7 Å². The highest BCUT2D eigenvalue weighted by atomic mass is 16.3. The van der Waals surface area contributed by atoms with Gasteiger partial charge in [-0.05, 0) is 31.2 Å². The molecule has 3 aromatic rings. The molecule has 2 heterocycles. The van der Waals surface area contributed by atoms with Crippen molar-refractivity contribution in [3.8, 4) is 0 Å². The Balaban J connectivity index is 2.03. The number of carbonyl (C=O) groups excluding carboxylic acids is 1. The number of benzene rings is 1. The number of carbonyl (C=O) groups is 1. The number of fused-ring (bicyclic) bond motifs is 1. The van der Waals surface area contributed by atoms with Crippen LogP contribution in [0.1, 0.15) is 21.8 Å². The van der Waals surface area contributed by atoms with E-state index >= 15 is 0 Å². The first-order chi connectivity index (χ1) is 11.0. The van der Waals surface area contributed by atoms with Gasteiger partial charge in [-0.3, -0.25) is 14.3 Å². The Morgan fingerprint density at radius 2 is 2.13 bits per heavy atom. The topological polar surface area (TPSA) is 68.3 Å². The Kier molecular flexibility index (Phi) is 3.73. The summed E-state index contributed by atoms with van der Waals surface area (Å²) in [6, 6.07) is 9.05. The average Bonchev–Trinajstić information content (AvgIpc) is 3.03. The smallest absolute Gasteiger partial charge is 0.278 e. The van der Waals surface area contributed by atoms with Crippen molar-refractivity contribution >= 4 is 16.8 Å². The zero-order valence-electron chi connectivity index (χ0n) is 13.2. The number of hydrogen-bond donors (Lipinski definition) is 0. The van der Waals surface area contributed by atoms with Crippen LogP contribution < -0.4 is 5.43 Å². The molecule has 0 fully saturated rings. The summed E-state index contributed by atoms with van der Waals surface area (Å²) in [6.07, 6.45) is 1.55. The lowest BCUT2D eigenvalue weighted by atomic mass is 10.1. The first kappa shape index (κ1) is 15.0. The molecule has 6 heteroatoms. The molecule has 0 saturated heterocycles. The van der Waals surface area contributed by atoms with Gasteiger partial charge in [-0.25, -0.2) is 0 Å². The van der Waals surface area contributed by atoms with Crippen molar-refractivity contribution < 1.29 is 9.21 Å². The van der Waals surface area contributed by atoms with Crippen LogP contribution in [0.4, 0.5) is 0 Å². The fourth-order valence-corrected chi connectivity index (χ4v) is 2.52. The average molecular weight is 311 g/mol. The second-order valence-electron chi connectivity index (χ2n) is 5.56. The van der Waals surface area contributed by atoms with E-state index in [2.05, 4.69) is 5.10 Å². The van der Waals surface area contributed by atoms with Crippen LogP contribution in [0, 0.1) is 6.92 Å². The molecule has 1 amide bonds. The van der Waals surface area contributed by atoms with E-state index in [1.165, 1.54) is 4.90 Å². The Hall–Kier alpha value is -2.89. The molecule has 0 N–H and O–H groups in total. The van der Waals surface area contributed by atoms with Crippen LogP contribution in [-0.4, -0.2) is 27.6 Å². The van der Waals surface area contributed by atoms with Crippen LogP contribution in [-0.2, 0) is 13.6 Å². The molecular weight excluding hydrogens is 294 g/mol. The van der Waals surface area contributed by atoms with E-state index in [0.29, 0.717) is 16.7 Å². The van der Waals surface area contributed by atoms with Crippen LogP contribution >= 0.6 is 0 Å². The Morgan fingerprint density at radius 3 is 2.83 bits per heavy atom. The predicted octanol–water partition coefficient (Wildman–Crippen LogP) is 2.11. The lowest BCUT2D eigenvalue weighted by molar-refractivity contribution is 0.0766. The van der Waals surface area contributed by atoms with Crippen LogP contribution in [0.5, 0.6) is 0 Å². The Bertz CT molecular complexity index is 926. The van der Waals surface area contributed by atoms with Crippen LogP contribution in [0.15, 0.2) is 45.8 Å². The van der Waals surface area contributed by atoms with Gasteiger partial charge in [0, 0.05) is 14.1 Å². The molecule has 23 heavy (non-hydrogen) atoms. The van der Waals surface area contributed by atoms with Gasteiger partial charge in [0.1, 0.15) is 5.76 Å². The van der Waals surface area contributed by atoms with Gasteiger partial charge in [0.2, 0.25) is 5.43 Å². The maximum atomic E-state index is 12.6. The maximum absolute atomic E-state index is 12.6. The molecule has 0 unspecified atom stereocenters. The zero-order chi connectivity index (χ0) is 16.6. The number of aryl methyl sites for hydroxylation is 2.